The van der Waals surface area contributed by atoms with E-state index in [-0.39, 0.29) is 24.2 Å². The van der Waals surface area contributed by atoms with Crippen molar-refractivity contribution in [3.05, 3.63) is 35.4 Å². The number of halogens is 1. The Balaban J connectivity index is 0.00000200. The van der Waals surface area contributed by atoms with E-state index in [4.69, 9.17) is 5.73 Å². The molecule has 1 heterocycles. The summed E-state index contributed by atoms with van der Waals surface area (Å²) < 4.78 is 0. The first-order valence-electron chi connectivity index (χ1n) is 6.39. The number of nitrogens with zero attached hydrogens (tertiary/aromatic N) is 1. The van der Waals surface area contributed by atoms with Gasteiger partial charge in [0, 0.05) is 13.6 Å². The standard InChI is InChI=1S/C14H19N3O2.ClH/c1-9(15)13(18)16-12-11-6-4-3-5-10(11)7-8-17(2)14(12)19;/h3-6,9,12H,7-8,15H2,1-2H3,(H,16,18);1H/t9-,12-;/m0./s1. The molecule has 1 aliphatic rings. The van der Waals surface area contributed by atoms with Crippen LogP contribution >= 0.6 is 12.4 Å². The largest absolute Gasteiger partial charge is 0.343 e. The second kappa shape index (κ2) is 6.72. The Morgan fingerprint density at radius 3 is 2.75 bits per heavy atom. The van der Waals surface area contributed by atoms with Gasteiger partial charge >= 0.3 is 0 Å². The molecule has 5 nitrogen and oxygen atoms in total. The number of amides is 2. The number of carbonyl (C=O) groups is 2. The van der Waals surface area contributed by atoms with Gasteiger partial charge in [-0.15, -0.1) is 12.4 Å². The van der Waals surface area contributed by atoms with Crippen LogP contribution in [0.25, 0.3) is 0 Å². The van der Waals surface area contributed by atoms with Crippen molar-refractivity contribution in [1.29, 1.82) is 0 Å². The van der Waals surface area contributed by atoms with Gasteiger partial charge in [-0.2, -0.15) is 0 Å². The number of fused-ring (bicyclic) bond motifs is 1. The first kappa shape index (κ1) is 16.5. The molecule has 0 aromatic heterocycles. The average Bonchev–Trinajstić information content (AvgIpc) is 2.51. The lowest BCUT2D eigenvalue weighted by Gasteiger charge is -2.22. The lowest BCUT2D eigenvalue weighted by atomic mass is 9.99. The minimum atomic E-state index is -0.637. The van der Waals surface area contributed by atoms with Gasteiger partial charge in [0.05, 0.1) is 6.04 Å². The summed E-state index contributed by atoms with van der Waals surface area (Å²) in [6, 6.07) is 6.43. The molecular formula is C14H20ClN3O2. The molecular weight excluding hydrogens is 278 g/mol. The monoisotopic (exact) mass is 297 g/mol. The third-order valence-corrected chi connectivity index (χ3v) is 3.41. The number of benzene rings is 1. The number of hydrogen-bond acceptors (Lipinski definition) is 3. The van der Waals surface area contributed by atoms with Gasteiger partial charge in [0.2, 0.25) is 11.8 Å². The Hall–Kier alpha value is -1.59. The Bertz CT molecular complexity index is 505. The van der Waals surface area contributed by atoms with E-state index < -0.39 is 12.1 Å². The van der Waals surface area contributed by atoms with Crippen LogP contribution in [0.4, 0.5) is 0 Å². The van der Waals surface area contributed by atoms with E-state index in [1.807, 2.05) is 24.3 Å². The highest BCUT2D eigenvalue weighted by molar-refractivity contribution is 5.90. The molecule has 2 rings (SSSR count). The van der Waals surface area contributed by atoms with Gasteiger partial charge in [-0.1, -0.05) is 24.3 Å². The quantitative estimate of drug-likeness (QED) is 0.840. The lowest BCUT2D eigenvalue weighted by Crippen LogP contribution is -2.45. The lowest BCUT2D eigenvalue weighted by molar-refractivity contribution is -0.135. The second-order valence-corrected chi connectivity index (χ2v) is 4.94. The summed E-state index contributed by atoms with van der Waals surface area (Å²) in [5, 5.41) is 2.74. The van der Waals surface area contributed by atoms with E-state index in [1.54, 1.807) is 18.9 Å². The molecule has 0 saturated carbocycles. The normalized spacial score (nSPS) is 19.4. The molecule has 0 spiro atoms. The van der Waals surface area contributed by atoms with Crippen molar-refractivity contribution in [2.75, 3.05) is 13.6 Å². The zero-order valence-electron chi connectivity index (χ0n) is 11.6. The fourth-order valence-electron chi connectivity index (χ4n) is 2.21. The molecule has 0 saturated heterocycles. The predicted octanol–water partition coefficient (Wildman–Crippen LogP) is 0.627. The van der Waals surface area contributed by atoms with Crippen LogP contribution < -0.4 is 11.1 Å². The molecule has 110 valence electrons. The molecule has 1 aromatic carbocycles. The van der Waals surface area contributed by atoms with Crippen LogP contribution in [0, 0.1) is 0 Å². The van der Waals surface area contributed by atoms with Gasteiger partial charge in [0.25, 0.3) is 0 Å². The Morgan fingerprint density at radius 1 is 1.45 bits per heavy atom. The minimum absolute atomic E-state index is 0. The van der Waals surface area contributed by atoms with Crippen LogP contribution in [0.2, 0.25) is 0 Å². The minimum Gasteiger partial charge on any atom is -0.343 e. The number of hydrogen-bond donors (Lipinski definition) is 2. The maximum atomic E-state index is 12.3. The van der Waals surface area contributed by atoms with Gasteiger partial charge in [-0.3, -0.25) is 9.59 Å². The van der Waals surface area contributed by atoms with E-state index in [0.717, 1.165) is 17.5 Å². The number of nitrogens with one attached hydrogen (secondary N) is 1. The zero-order valence-corrected chi connectivity index (χ0v) is 12.4. The number of likely N-dealkylation sites (N-methyl/N-ethyl adjacent to an activating group) is 1. The molecule has 0 radical (unpaired) electrons. The van der Waals surface area contributed by atoms with Crippen molar-refractivity contribution >= 4 is 24.2 Å². The van der Waals surface area contributed by atoms with E-state index in [1.165, 1.54) is 0 Å². The maximum absolute atomic E-state index is 12.3. The first-order chi connectivity index (χ1) is 9.00. The number of carbonyl (C=O) groups excluding carboxylic acids is 2. The molecule has 20 heavy (non-hydrogen) atoms. The maximum Gasteiger partial charge on any atom is 0.249 e. The molecule has 0 bridgehead atoms. The van der Waals surface area contributed by atoms with Crippen LogP contribution in [0.1, 0.15) is 24.1 Å². The van der Waals surface area contributed by atoms with E-state index in [0.29, 0.717) is 6.54 Å². The molecule has 0 aliphatic carbocycles. The smallest absolute Gasteiger partial charge is 0.249 e. The second-order valence-electron chi connectivity index (χ2n) is 4.94. The first-order valence-corrected chi connectivity index (χ1v) is 6.39. The van der Waals surface area contributed by atoms with E-state index in [9.17, 15) is 9.59 Å². The molecule has 3 N–H and O–H groups in total. The summed E-state index contributed by atoms with van der Waals surface area (Å²) in [7, 11) is 1.75. The molecule has 0 unspecified atom stereocenters. The van der Waals surface area contributed by atoms with E-state index in [2.05, 4.69) is 5.32 Å². The van der Waals surface area contributed by atoms with Crippen molar-refractivity contribution in [2.45, 2.75) is 25.4 Å². The molecule has 0 fully saturated rings. The molecule has 1 aromatic rings. The number of nitrogens with two attached hydrogens (primary N) is 1. The van der Waals surface area contributed by atoms with Crippen LogP contribution in [0.3, 0.4) is 0 Å². The summed E-state index contributed by atoms with van der Waals surface area (Å²) in [4.78, 5) is 25.8. The fraction of sp³-hybridized carbons (Fsp3) is 0.429. The Labute approximate surface area is 124 Å². The highest BCUT2D eigenvalue weighted by Crippen LogP contribution is 2.24. The SMILES string of the molecule is C[C@H](N)C(=O)N[C@@H]1C(=O)N(C)CCc2ccccc21.Cl. The van der Waals surface area contributed by atoms with Gasteiger partial charge in [-0.25, -0.2) is 0 Å². The third-order valence-electron chi connectivity index (χ3n) is 3.41. The van der Waals surface area contributed by atoms with Gasteiger partial charge in [0.1, 0.15) is 6.04 Å². The molecule has 2 atom stereocenters. The number of rotatable bonds is 2. The van der Waals surface area contributed by atoms with Crippen molar-refractivity contribution in [3.63, 3.8) is 0 Å². The van der Waals surface area contributed by atoms with Crippen molar-refractivity contribution in [1.82, 2.24) is 10.2 Å². The third kappa shape index (κ3) is 3.29. The summed E-state index contributed by atoms with van der Waals surface area (Å²) in [6.45, 7) is 2.26. The fourth-order valence-corrected chi connectivity index (χ4v) is 2.21. The topological polar surface area (TPSA) is 75.4 Å². The van der Waals surface area contributed by atoms with Gasteiger partial charge < -0.3 is 16.0 Å². The summed E-state index contributed by atoms with van der Waals surface area (Å²) in [5.41, 5.74) is 7.51. The van der Waals surface area contributed by atoms with Crippen LogP contribution in [0.5, 0.6) is 0 Å². The highest BCUT2D eigenvalue weighted by Gasteiger charge is 2.30. The van der Waals surface area contributed by atoms with Crippen LogP contribution in [-0.4, -0.2) is 36.3 Å². The molecule has 1 aliphatic heterocycles. The summed E-state index contributed by atoms with van der Waals surface area (Å²) in [5.74, 6) is -0.414. The van der Waals surface area contributed by atoms with Gasteiger partial charge in [0.15, 0.2) is 0 Å². The van der Waals surface area contributed by atoms with Crippen molar-refractivity contribution in [2.24, 2.45) is 5.73 Å². The summed E-state index contributed by atoms with van der Waals surface area (Å²) >= 11 is 0. The Kier molecular flexibility index (Phi) is 5.53. The highest BCUT2D eigenvalue weighted by atomic mass is 35.5. The molecule has 6 heteroatoms. The molecule has 2 amide bonds. The van der Waals surface area contributed by atoms with Crippen molar-refractivity contribution in [3.8, 4) is 0 Å². The van der Waals surface area contributed by atoms with Gasteiger partial charge in [-0.05, 0) is 24.5 Å². The van der Waals surface area contributed by atoms with Crippen LogP contribution in [0.15, 0.2) is 24.3 Å². The Morgan fingerprint density at radius 2 is 2.10 bits per heavy atom. The predicted molar refractivity (Wildman–Crippen MR) is 79.6 cm³/mol. The zero-order chi connectivity index (χ0) is 14.0. The van der Waals surface area contributed by atoms with E-state index >= 15 is 0 Å². The van der Waals surface area contributed by atoms with Crippen LogP contribution in [-0.2, 0) is 16.0 Å². The van der Waals surface area contributed by atoms with Crippen molar-refractivity contribution < 1.29 is 9.59 Å². The average molecular weight is 298 g/mol. The summed E-state index contributed by atoms with van der Waals surface area (Å²) in [6.07, 6.45) is 0.795.